The number of nitrogens with zero attached hydrogens (tertiary/aromatic N) is 1. The standard InChI is InChI=1S/C31H43N3O2/c1-3-4-5-6-7-8-9-10-11-12-13-14-15-16-17-18-19-20-21-22-30(35)32-25-26-33-31(36)29-24-23-28(2)34-27-29/h4-5,7-8,10-11,13-14,16-17,19-20,23-24,27H,3,6,9,12,15,18,21-22,25-26H2,1-2H3,(H,32,35)(H,33,36)/b5-4-,8-7-,11-10-,14-13-,17-16-,20-19-. The van der Waals surface area contributed by atoms with Gasteiger partial charge in [-0.2, -0.15) is 0 Å². The van der Waals surface area contributed by atoms with Gasteiger partial charge in [-0.15, -0.1) is 0 Å². The molecule has 0 unspecified atom stereocenters. The van der Waals surface area contributed by atoms with E-state index in [1.807, 2.05) is 13.0 Å². The lowest BCUT2D eigenvalue weighted by Gasteiger charge is -2.06. The van der Waals surface area contributed by atoms with E-state index in [2.05, 4.69) is 89.4 Å². The van der Waals surface area contributed by atoms with E-state index in [0.717, 1.165) is 44.2 Å². The van der Waals surface area contributed by atoms with Gasteiger partial charge in [0.2, 0.25) is 5.91 Å². The second-order valence-electron chi connectivity index (χ2n) is 8.25. The Kier molecular flexibility index (Phi) is 18.7. The highest BCUT2D eigenvalue weighted by molar-refractivity contribution is 5.93. The number of hydrogen-bond acceptors (Lipinski definition) is 3. The van der Waals surface area contributed by atoms with Crippen LogP contribution in [0.3, 0.4) is 0 Å². The molecule has 0 saturated carbocycles. The molecule has 0 aliphatic heterocycles. The average Bonchev–Trinajstić information content (AvgIpc) is 2.88. The number of pyridine rings is 1. The summed E-state index contributed by atoms with van der Waals surface area (Å²) >= 11 is 0. The van der Waals surface area contributed by atoms with E-state index in [1.54, 1.807) is 18.3 Å². The topological polar surface area (TPSA) is 71.1 Å². The Hall–Kier alpha value is -3.47. The molecule has 5 nitrogen and oxygen atoms in total. The number of amides is 2. The van der Waals surface area contributed by atoms with Gasteiger partial charge in [-0.25, -0.2) is 0 Å². The summed E-state index contributed by atoms with van der Waals surface area (Å²) in [6.07, 6.45) is 34.6. The fourth-order valence-electron chi connectivity index (χ4n) is 3.02. The lowest BCUT2D eigenvalue weighted by molar-refractivity contribution is -0.120. The van der Waals surface area contributed by atoms with Crippen molar-refractivity contribution < 1.29 is 9.59 Å². The van der Waals surface area contributed by atoms with Crippen LogP contribution in [-0.4, -0.2) is 29.9 Å². The number of aryl methyl sites for hydroxylation is 1. The molecule has 1 heterocycles. The number of allylic oxidation sites excluding steroid dienone is 12. The summed E-state index contributed by atoms with van der Waals surface area (Å²) in [6.45, 7) is 4.82. The van der Waals surface area contributed by atoms with Crippen molar-refractivity contribution in [2.45, 2.75) is 65.2 Å². The predicted octanol–water partition coefficient (Wildman–Crippen LogP) is 6.71. The van der Waals surface area contributed by atoms with Gasteiger partial charge >= 0.3 is 0 Å². The van der Waals surface area contributed by atoms with Gasteiger partial charge < -0.3 is 10.6 Å². The molecule has 2 amide bonds. The van der Waals surface area contributed by atoms with Crippen LogP contribution in [-0.2, 0) is 4.79 Å². The van der Waals surface area contributed by atoms with E-state index in [9.17, 15) is 9.59 Å². The number of carbonyl (C=O) groups is 2. The van der Waals surface area contributed by atoms with E-state index < -0.39 is 0 Å². The van der Waals surface area contributed by atoms with Gasteiger partial charge in [0.05, 0.1) is 5.56 Å². The molecule has 0 saturated heterocycles. The normalized spacial score (nSPS) is 12.3. The van der Waals surface area contributed by atoms with Crippen molar-refractivity contribution in [2.24, 2.45) is 0 Å². The Balaban J connectivity index is 1.98. The quantitative estimate of drug-likeness (QED) is 0.178. The van der Waals surface area contributed by atoms with Crippen LogP contribution in [0.25, 0.3) is 0 Å². The zero-order chi connectivity index (χ0) is 26.1. The number of rotatable bonds is 18. The van der Waals surface area contributed by atoms with Gasteiger partial charge in [-0.1, -0.05) is 79.8 Å². The fourth-order valence-corrected chi connectivity index (χ4v) is 3.02. The lowest BCUT2D eigenvalue weighted by Crippen LogP contribution is -2.34. The summed E-state index contributed by atoms with van der Waals surface area (Å²) in [5.74, 6) is -0.199. The second kappa shape index (κ2) is 22.0. The highest BCUT2D eigenvalue weighted by Gasteiger charge is 2.05. The van der Waals surface area contributed by atoms with Gasteiger partial charge in [-0.3, -0.25) is 14.6 Å². The molecule has 0 aliphatic carbocycles. The molecule has 0 aliphatic rings. The minimum absolute atomic E-state index is 0.0132. The van der Waals surface area contributed by atoms with Gasteiger partial charge in [0.1, 0.15) is 0 Å². The molecule has 194 valence electrons. The van der Waals surface area contributed by atoms with E-state index in [1.165, 1.54) is 0 Å². The Bertz CT molecular complexity index is 906. The first-order chi connectivity index (χ1) is 17.6. The number of nitrogens with one attached hydrogen (secondary N) is 2. The lowest BCUT2D eigenvalue weighted by atomic mass is 10.2. The third kappa shape index (κ3) is 17.9. The monoisotopic (exact) mass is 489 g/mol. The molecule has 0 fully saturated rings. The zero-order valence-electron chi connectivity index (χ0n) is 22.0. The molecule has 36 heavy (non-hydrogen) atoms. The van der Waals surface area contributed by atoms with Crippen molar-refractivity contribution in [3.8, 4) is 0 Å². The maximum atomic E-state index is 12.0. The number of carbonyl (C=O) groups excluding carboxylic acids is 2. The molecule has 0 aromatic carbocycles. The maximum Gasteiger partial charge on any atom is 0.252 e. The van der Waals surface area contributed by atoms with E-state index in [0.29, 0.717) is 31.5 Å². The Morgan fingerprint density at radius 1 is 0.722 bits per heavy atom. The first-order valence-corrected chi connectivity index (χ1v) is 13.0. The summed E-state index contributed by atoms with van der Waals surface area (Å²) in [4.78, 5) is 28.0. The van der Waals surface area contributed by atoms with Gasteiger partial charge in [0, 0.05) is 31.4 Å². The van der Waals surface area contributed by atoms with E-state index in [-0.39, 0.29) is 11.8 Å². The Morgan fingerprint density at radius 3 is 1.72 bits per heavy atom. The molecule has 0 atom stereocenters. The van der Waals surface area contributed by atoms with Gasteiger partial charge in [-0.05, 0) is 64.0 Å². The fraction of sp³-hybridized carbons (Fsp3) is 0.387. The number of aromatic nitrogens is 1. The molecule has 1 rings (SSSR count). The third-order valence-electron chi connectivity index (χ3n) is 5.04. The van der Waals surface area contributed by atoms with E-state index in [4.69, 9.17) is 0 Å². The summed E-state index contributed by atoms with van der Waals surface area (Å²) < 4.78 is 0. The van der Waals surface area contributed by atoms with Crippen molar-refractivity contribution in [1.29, 1.82) is 0 Å². The molecular formula is C31H43N3O2. The minimum atomic E-state index is -0.185. The first kappa shape index (κ1) is 30.6. The largest absolute Gasteiger partial charge is 0.354 e. The summed E-state index contributed by atoms with van der Waals surface area (Å²) in [5, 5.41) is 5.60. The van der Waals surface area contributed by atoms with Crippen LogP contribution in [0.5, 0.6) is 0 Å². The Labute approximate surface area is 217 Å². The highest BCUT2D eigenvalue weighted by atomic mass is 16.2. The summed E-state index contributed by atoms with van der Waals surface area (Å²) in [6, 6.07) is 3.54. The molecule has 0 spiro atoms. The van der Waals surface area contributed by atoms with Crippen molar-refractivity contribution in [1.82, 2.24) is 15.6 Å². The third-order valence-corrected chi connectivity index (χ3v) is 5.04. The molecule has 5 heteroatoms. The van der Waals surface area contributed by atoms with Crippen LogP contribution in [0.15, 0.2) is 91.2 Å². The maximum absolute atomic E-state index is 12.0. The summed E-state index contributed by atoms with van der Waals surface area (Å²) in [7, 11) is 0. The minimum Gasteiger partial charge on any atom is -0.354 e. The Morgan fingerprint density at radius 2 is 1.22 bits per heavy atom. The molecule has 2 N–H and O–H groups in total. The highest BCUT2D eigenvalue weighted by Crippen LogP contribution is 1.99. The molecule has 1 aromatic rings. The van der Waals surface area contributed by atoms with E-state index >= 15 is 0 Å². The molecular weight excluding hydrogens is 446 g/mol. The van der Waals surface area contributed by atoms with Gasteiger partial charge in [0.25, 0.3) is 5.91 Å². The zero-order valence-corrected chi connectivity index (χ0v) is 22.0. The SMILES string of the molecule is CC/C=C\C/C=C\C/C=C\C/C=C\C/C=C\C/C=C\CCC(=O)NCCNC(=O)c1ccc(C)nc1. The van der Waals surface area contributed by atoms with Crippen LogP contribution >= 0.6 is 0 Å². The van der Waals surface area contributed by atoms with Crippen LogP contribution in [0.4, 0.5) is 0 Å². The van der Waals surface area contributed by atoms with Crippen LogP contribution < -0.4 is 10.6 Å². The smallest absolute Gasteiger partial charge is 0.252 e. The van der Waals surface area contributed by atoms with Crippen molar-refractivity contribution in [3.05, 3.63) is 102 Å². The van der Waals surface area contributed by atoms with Crippen molar-refractivity contribution in [2.75, 3.05) is 13.1 Å². The average molecular weight is 490 g/mol. The predicted molar refractivity (Wildman–Crippen MR) is 152 cm³/mol. The molecule has 0 bridgehead atoms. The first-order valence-electron chi connectivity index (χ1n) is 13.0. The van der Waals surface area contributed by atoms with Crippen molar-refractivity contribution in [3.63, 3.8) is 0 Å². The van der Waals surface area contributed by atoms with Crippen LogP contribution in [0, 0.1) is 6.92 Å². The number of hydrogen-bond donors (Lipinski definition) is 2. The summed E-state index contributed by atoms with van der Waals surface area (Å²) in [5.41, 5.74) is 1.38. The molecule has 0 radical (unpaired) electrons. The van der Waals surface area contributed by atoms with Gasteiger partial charge in [0.15, 0.2) is 0 Å². The molecule has 1 aromatic heterocycles. The van der Waals surface area contributed by atoms with Crippen LogP contribution in [0.2, 0.25) is 0 Å². The second-order valence-corrected chi connectivity index (χ2v) is 8.25. The van der Waals surface area contributed by atoms with Crippen molar-refractivity contribution >= 4 is 11.8 Å². The van der Waals surface area contributed by atoms with Crippen LogP contribution in [0.1, 0.15) is 74.3 Å².